The van der Waals surface area contributed by atoms with Gasteiger partial charge in [0.05, 0.1) is 21.3 Å². The molecule has 0 aromatic heterocycles. The molecule has 28 heavy (non-hydrogen) atoms. The highest BCUT2D eigenvalue weighted by Gasteiger charge is 2.20. The molecule has 5 nitrogen and oxygen atoms in total. The Morgan fingerprint density at radius 2 is 1.57 bits per heavy atom. The predicted octanol–water partition coefficient (Wildman–Crippen LogP) is 4.47. The summed E-state index contributed by atoms with van der Waals surface area (Å²) in [5.41, 5.74) is 3.21. The maximum absolute atomic E-state index is 12.6. The van der Waals surface area contributed by atoms with E-state index in [-0.39, 0.29) is 11.8 Å². The van der Waals surface area contributed by atoms with Crippen LogP contribution in [0.5, 0.6) is 17.2 Å². The van der Waals surface area contributed by atoms with Crippen molar-refractivity contribution in [1.29, 1.82) is 0 Å². The first kappa shape index (κ1) is 21.6. The van der Waals surface area contributed by atoms with E-state index in [9.17, 15) is 4.79 Å². The van der Waals surface area contributed by atoms with Gasteiger partial charge in [0.2, 0.25) is 5.91 Å². The van der Waals surface area contributed by atoms with Crippen LogP contribution in [0.25, 0.3) is 0 Å². The number of aryl methyl sites for hydroxylation is 1. The van der Waals surface area contributed by atoms with Crippen LogP contribution in [-0.4, -0.2) is 27.2 Å². The summed E-state index contributed by atoms with van der Waals surface area (Å²) in [6.45, 7) is 6.76. The normalized spacial score (nSPS) is 11.8. The summed E-state index contributed by atoms with van der Waals surface area (Å²) in [4.78, 5) is 12.6. The SMILES string of the molecule is COc1ccc(C(CC(=O)NCc2ccc(OC)c(OC)c2)C(C)C)cc1C. The third-order valence-electron chi connectivity index (χ3n) is 4.99. The molecule has 0 heterocycles. The van der Waals surface area contributed by atoms with Crippen LogP contribution < -0.4 is 19.5 Å². The van der Waals surface area contributed by atoms with Crippen molar-refractivity contribution in [2.45, 2.75) is 39.7 Å². The molecule has 0 bridgehead atoms. The molecule has 2 aromatic carbocycles. The summed E-state index contributed by atoms with van der Waals surface area (Å²) in [7, 11) is 4.88. The van der Waals surface area contributed by atoms with Crippen LogP contribution in [0.3, 0.4) is 0 Å². The Hall–Kier alpha value is -2.69. The lowest BCUT2D eigenvalue weighted by atomic mass is 9.85. The summed E-state index contributed by atoms with van der Waals surface area (Å²) in [6, 6.07) is 11.8. The van der Waals surface area contributed by atoms with Gasteiger partial charge in [0.1, 0.15) is 5.75 Å². The van der Waals surface area contributed by atoms with Gasteiger partial charge in [0.15, 0.2) is 11.5 Å². The summed E-state index contributed by atoms with van der Waals surface area (Å²) < 4.78 is 15.9. The zero-order valence-corrected chi connectivity index (χ0v) is 17.7. The van der Waals surface area contributed by atoms with E-state index in [0.717, 1.165) is 22.4 Å². The van der Waals surface area contributed by atoms with Gasteiger partial charge in [0.25, 0.3) is 0 Å². The van der Waals surface area contributed by atoms with E-state index >= 15 is 0 Å². The second-order valence-electron chi connectivity index (χ2n) is 7.25. The Kier molecular flexibility index (Phi) is 7.73. The molecule has 0 saturated carbocycles. The fraction of sp³-hybridized carbons (Fsp3) is 0.435. The smallest absolute Gasteiger partial charge is 0.220 e. The molecule has 0 aliphatic heterocycles. The molecule has 0 spiro atoms. The van der Waals surface area contributed by atoms with Crippen LogP contribution in [0.15, 0.2) is 36.4 Å². The van der Waals surface area contributed by atoms with E-state index in [1.807, 2.05) is 31.2 Å². The second-order valence-corrected chi connectivity index (χ2v) is 7.25. The second kappa shape index (κ2) is 10.0. The molecule has 1 amide bonds. The average molecular weight is 386 g/mol. The third kappa shape index (κ3) is 5.41. The highest BCUT2D eigenvalue weighted by atomic mass is 16.5. The first-order valence-corrected chi connectivity index (χ1v) is 9.51. The Labute approximate surface area is 168 Å². The van der Waals surface area contributed by atoms with Gasteiger partial charge in [-0.25, -0.2) is 0 Å². The van der Waals surface area contributed by atoms with Gasteiger partial charge in [-0.2, -0.15) is 0 Å². The van der Waals surface area contributed by atoms with Crippen molar-refractivity contribution in [3.63, 3.8) is 0 Å². The number of amides is 1. The molecule has 0 aliphatic carbocycles. The zero-order valence-electron chi connectivity index (χ0n) is 17.7. The summed E-state index contributed by atoms with van der Waals surface area (Å²) >= 11 is 0. The molecule has 152 valence electrons. The molecule has 2 aromatic rings. The van der Waals surface area contributed by atoms with Crippen molar-refractivity contribution in [2.24, 2.45) is 5.92 Å². The molecule has 5 heteroatoms. The summed E-state index contributed by atoms with van der Waals surface area (Å²) in [5, 5.41) is 3.02. The minimum Gasteiger partial charge on any atom is -0.496 e. The topological polar surface area (TPSA) is 56.8 Å². The van der Waals surface area contributed by atoms with Gasteiger partial charge in [-0.05, 0) is 53.6 Å². The Bertz CT molecular complexity index is 801. The van der Waals surface area contributed by atoms with Crippen molar-refractivity contribution >= 4 is 5.91 Å². The van der Waals surface area contributed by atoms with Crippen LogP contribution >= 0.6 is 0 Å². The number of rotatable bonds is 9. The van der Waals surface area contributed by atoms with Crippen LogP contribution in [0.2, 0.25) is 0 Å². The van der Waals surface area contributed by atoms with Gasteiger partial charge in [-0.1, -0.05) is 32.0 Å². The zero-order chi connectivity index (χ0) is 20.7. The molecule has 1 N–H and O–H groups in total. The fourth-order valence-corrected chi connectivity index (χ4v) is 3.33. The number of methoxy groups -OCH3 is 3. The Morgan fingerprint density at radius 3 is 2.14 bits per heavy atom. The molecule has 1 unspecified atom stereocenters. The number of ether oxygens (including phenoxy) is 3. The average Bonchev–Trinajstić information content (AvgIpc) is 2.69. The van der Waals surface area contributed by atoms with Gasteiger partial charge in [-0.15, -0.1) is 0 Å². The number of carbonyl (C=O) groups is 1. The van der Waals surface area contributed by atoms with Gasteiger partial charge in [0, 0.05) is 13.0 Å². The third-order valence-corrected chi connectivity index (χ3v) is 4.99. The standard InChI is InChI=1S/C23H31NO4/c1-15(2)19(18-8-10-20(26-4)16(3)11-18)13-23(25)24-14-17-7-9-21(27-5)22(12-17)28-6/h7-12,15,19H,13-14H2,1-6H3,(H,24,25). The monoisotopic (exact) mass is 385 g/mol. The lowest BCUT2D eigenvalue weighted by molar-refractivity contribution is -0.121. The van der Waals surface area contributed by atoms with E-state index in [1.54, 1.807) is 21.3 Å². The molecule has 0 fully saturated rings. The Balaban J connectivity index is 2.04. The number of carbonyl (C=O) groups excluding carboxylic acids is 1. The van der Waals surface area contributed by atoms with Crippen molar-refractivity contribution in [1.82, 2.24) is 5.32 Å². The molecule has 0 saturated heterocycles. The fourth-order valence-electron chi connectivity index (χ4n) is 3.33. The lowest BCUT2D eigenvalue weighted by Crippen LogP contribution is -2.26. The largest absolute Gasteiger partial charge is 0.496 e. The van der Waals surface area contributed by atoms with E-state index in [4.69, 9.17) is 14.2 Å². The van der Waals surface area contributed by atoms with Crippen molar-refractivity contribution in [3.8, 4) is 17.2 Å². The maximum atomic E-state index is 12.6. The number of benzene rings is 2. The van der Waals surface area contributed by atoms with E-state index in [1.165, 1.54) is 0 Å². The predicted molar refractivity (Wildman–Crippen MR) is 111 cm³/mol. The molecule has 1 atom stereocenters. The number of hydrogen-bond acceptors (Lipinski definition) is 4. The van der Waals surface area contributed by atoms with Crippen molar-refractivity contribution < 1.29 is 19.0 Å². The number of nitrogens with one attached hydrogen (secondary N) is 1. The maximum Gasteiger partial charge on any atom is 0.220 e. The van der Waals surface area contributed by atoms with E-state index < -0.39 is 0 Å². The molecule has 0 radical (unpaired) electrons. The lowest BCUT2D eigenvalue weighted by Gasteiger charge is -2.22. The van der Waals surface area contributed by atoms with Gasteiger partial charge in [-0.3, -0.25) is 4.79 Å². The van der Waals surface area contributed by atoms with Crippen molar-refractivity contribution in [2.75, 3.05) is 21.3 Å². The first-order chi connectivity index (χ1) is 13.4. The summed E-state index contributed by atoms with van der Waals surface area (Å²) in [6.07, 6.45) is 0.441. The Morgan fingerprint density at radius 1 is 0.929 bits per heavy atom. The first-order valence-electron chi connectivity index (χ1n) is 9.51. The van der Waals surface area contributed by atoms with Crippen LogP contribution in [-0.2, 0) is 11.3 Å². The van der Waals surface area contributed by atoms with Crippen LogP contribution in [0, 0.1) is 12.8 Å². The van der Waals surface area contributed by atoms with Crippen molar-refractivity contribution in [3.05, 3.63) is 53.1 Å². The van der Waals surface area contributed by atoms with Crippen LogP contribution in [0.1, 0.15) is 42.9 Å². The molecular formula is C23H31NO4. The minimum atomic E-state index is 0.0296. The van der Waals surface area contributed by atoms with E-state index in [0.29, 0.717) is 30.4 Å². The van der Waals surface area contributed by atoms with Gasteiger partial charge >= 0.3 is 0 Å². The quantitative estimate of drug-likeness (QED) is 0.692. The number of hydrogen-bond donors (Lipinski definition) is 1. The molecule has 2 rings (SSSR count). The van der Waals surface area contributed by atoms with E-state index in [2.05, 4.69) is 31.3 Å². The van der Waals surface area contributed by atoms with Crippen LogP contribution in [0.4, 0.5) is 0 Å². The van der Waals surface area contributed by atoms with Gasteiger partial charge < -0.3 is 19.5 Å². The highest BCUT2D eigenvalue weighted by molar-refractivity contribution is 5.77. The molecule has 0 aliphatic rings. The minimum absolute atomic E-state index is 0.0296. The highest BCUT2D eigenvalue weighted by Crippen LogP contribution is 2.31. The summed E-state index contributed by atoms with van der Waals surface area (Å²) in [5.74, 6) is 2.72. The molecular weight excluding hydrogens is 354 g/mol.